The van der Waals surface area contributed by atoms with E-state index in [1.807, 2.05) is 31.2 Å². The van der Waals surface area contributed by atoms with Crippen LogP contribution in [0.2, 0.25) is 0 Å². The third-order valence-electron chi connectivity index (χ3n) is 1.31. The fourth-order valence-corrected chi connectivity index (χ4v) is 1.15. The summed E-state index contributed by atoms with van der Waals surface area (Å²) in [5.41, 5.74) is 1.92. The average molecular weight is 169 g/mol. The van der Waals surface area contributed by atoms with Gasteiger partial charge in [0.1, 0.15) is 5.75 Å². The second kappa shape index (κ2) is 3.64. The van der Waals surface area contributed by atoms with Crippen molar-refractivity contribution in [2.24, 2.45) is 0 Å². The van der Waals surface area contributed by atoms with Gasteiger partial charge in [0, 0.05) is 0 Å². The summed E-state index contributed by atoms with van der Waals surface area (Å²) in [6.45, 7) is 1.97. The minimum Gasteiger partial charge on any atom is -0.306 e. The molecule has 0 saturated heterocycles. The smallest absolute Gasteiger partial charge is 0.162 e. The molecule has 0 saturated carbocycles. The summed E-state index contributed by atoms with van der Waals surface area (Å²) in [6.07, 6.45) is 0. The van der Waals surface area contributed by atoms with Crippen LogP contribution in [0.1, 0.15) is 11.1 Å². The van der Waals surface area contributed by atoms with Crippen LogP contribution in [0.5, 0.6) is 0 Å². The van der Waals surface area contributed by atoms with Crippen LogP contribution in [0.4, 0.5) is 0 Å². The highest BCUT2D eigenvalue weighted by molar-refractivity contribution is 7.81. The number of aryl methyl sites for hydroxylation is 1. The summed E-state index contributed by atoms with van der Waals surface area (Å²) < 4.78 is 18.8. The van der Waals surface area contributed by atoms with Gasteiger partial charge >= 0.3 is 0 Å². The largest absolute Gasteiger partial charge is 0.306 e. The van der Waals surface area contributed by atoms with Crippen molar-refractivity contribution in [1.82, 2.24) is 0 Å². The Labute approximate surface area is 68.5 Å². The molecule has 1 unspecified atom stereocenters. The van der Waals surface area contributed by atoms with E-state index in [9.17, 15) is 4.21 Å². The Morgan fingerprint density at radius 1 is 1.36 bits per heavy atom. The molecule has 0 aliphatic heterocycles. The van der Waals surface area contributed by atoms with E-state index in [4.69, 9.17) is 4.55 Å². The van der Waals surface area contributed by atoms with Gasteiger partial charge in [-0.2, -0.15) is 0 Å². The molecule has 0 fully saturated rings. The Hall–Kier alpha value is -0.670. The van der Waals surface area contributed by atoms with E-state index in [1.165, 1.54) is 5.75 Å². The first-order valence-corrected chi connectivity index (χ1v) is 4.36. The highest BCUT2D eigenvalue weighted by Crippen LogP contribution is 2.06. The van der Waals surface area contributed by atoms with Gasteiger partial charge in [-0.1, -0.05) is 29.8 Å². The fraction of sp³-hybridized carbons (Fsp3) is 0.125. The third-order valence-corrected chi connectivity index (χ3v) is 1.79. The van der Waals surface area contributed by atoms with Crippen LogP contribution in [0.25, 0.3) is 0 Å². The van der Waals surface area contributed by atoms with Crippen LogP contribution in [0.3, 0.4) is 0 Å². The van der Waals surface area contributed by atoms with Gasteiger partial charge in [-0.05, 0) is 12.5 Å². The average Bonchev–Trinajstić information content (AvgIpc) is 1.93. The maximum atomic E-state index is 10.3. The van der Waals surface area contributed by atoms with Crippen LogP contribution in [0.15, 0.2) is 24.3 Å². The summed E-state index contributed by atoms with van der Waals surface area (Å²) in [4.78, 5) is 0. The molecule has 11 heavy (non-hydrogen) atoms. The lowest BCUT2D eigenvalue weighted by Gasteiger charge is -1.96. The molecule has 3 heteroatoms. The summed E-state index contributed by atoms with van der Waals surface area (Å²) in [6, 6.07) is 7.42. The SMILES string of the molecule is Cc1ccc([CH]S(=O)O)cc1. The minimum atomic E-state index is -1.85. The van der Waals surface area contributed by atoms with Crippen molar-refractivity contribution in [1.29, 1.82) is 0 Å². The van der Waals surface area contributed by atoms with Gasteiger partial charge in [0.15, 0.2) is 11.1 Å². The quantitative estimate of drug-likeness (QED) is 0.684. The number of rotatable bonds is 2. The predicted molar refractivity (Wildman–Crippen MR) is 45.4 cm³/mol. The maximum Gasteiger partial charge on any atom is 0.162 e. The first-order valence-electron chi connectivity index (χ1n) is 3.19. The van der Waals surface area contributed by atoms with Gasteiger partial charge in [0.25, 0.3) is 0 Å². The van der Waals surface area contributed by atoms with E-state index in [0.29, 0.717) is 0 Å². The van der Waals surface area contributed by atoms with Gasteiger partial charge in [-0.15, -0.1) is 0 Å². The molecule has 1 N–H and O–H groups in total. The van der Waals surface area contributed by atoms with Crippen LogP contribution in [-0.2, 0) is 11.1 Å². The first-order chi connectivity index (χ1) is 5.18. The van der Waals surface area contributed by atoms with Crippen molar-refractivity contribution < 1.29 is 8.76 Å². The molecule has 1 aromatic rings. The van der Waals surface area contributed by atoms with Crippen molar-refractivity contribution in [2.75, 3.05) is 0 Å². The van der Waals surface area contributed by atoms with E-state index in [2.05, 4.69) is 0 Å². The van der Waals surface area contributed by atoms with E-state index in [1.54, 1.807) is 0 Å². The van der Waals surface area contributed by atoms with Gasteiger partial charge in [-0.3, -0.25) is 0 Å². The van der Waals surface area contributed by atoms with Crippen LogP contribution in [-0.4, -0.2) is 8.76 Å². The predicted octanol–water partition coefficient (Wildman–Crippen LogP) is 1.73. The zero-order valence-corrected chi connectivity index (χ0v) is 6.97. The Kier molecular flexibility index (Phi) is 2.79. The summed E-state index contributed by atoms with van der Waals surface area (Å²) in [5.74, 6) is 1.29. The minimum absolute atomic E-state index is 0.774. The van der Waals surface area contributed by atoms with Gasteiger partial charge in [0.2, 0.25) is 0 Å². The molecular weight excluding hydrogens is 160 g/mol. The molecule has 0 aliphatic carbocycles. The number of hydrogen-bond donors (Lipinski definition) is 1. The van der Waals surface area contributed by atoms with Crippen LogP contribution < -0.4 is 0 Å². The summed E-state index contributed by atoms with van der Waals surface area (Å²) in [7, 11) is 0. The molecule has 0 spiro atoms. The van der Waals surface area contributed by atoms with Gasteiger partial charge < -0.3 is 4.55 Å². The standard InChI is InChI=1S/C8H9O2S/c1-7-2-4-8(5-3-7)6-11(9)10/h2-6H,1H3,(H,9,10). The molecule has 2 nitrogen and oxygen atoms in total. The molecule has 1 aromatic carbocycles. The van der Waals surface area contributed by atoms with Crippen LogP contribution in [0, 0.1) is 12.7 Å². The van der Waals surface area contributed by atoms with Crippen molar-refractivity contribution in [3.8, 4) is 0 Å². The molecule has 0 bridgehead atoms. The van der Waals surface area contributed by atoms with E-state index >= 15 is 0 Å². The molecule has 0 aliphatic rings. The normalized spacial score (nSPS) is 12.9. The Morgan fingerprint density at radius 3 is 2.36 bits per heavy atom. The molecule has 1 radical (unpaired) electrons. The molecule has 1 atom stereocenters. The third kappa shape index (κ3) is 2.82. The Morgan fingerprint density at radius 2 is 1.91 bits per heavy atom. The highest BCUT2D eigenvalue weighted by atomic mass is 32.2. The molecule has 0 heterocycles. The topological polar surface area (TPSA) is 37.3 Å². The Bertz CT molecular complexity index is 253. The van der Waals surface area contributed by atoms with Crippen molar-refractivity contribution in [3.63, 3.8) is 0 Å². The van der Waals surface area contributed by atoms with Crippen molar-refractivity contribution >= 4 is 11.1 Å². The van der Waals surface area contributed by atoms with E-state index < -0.39 is 11.1 Å². The van der Waals surface area contributed by atoms with E-state index in [-0.39, 0.29) is 0 Å². The molecule has 0 aromatic heterocycles. The molecular formula is C8H9O2S. The number of benzene rings is 1. The van der Waals surface area contributed by atoms with Crippen LogP contribution >= 0.6 is 0 Å². The maximum absolute atomic E-state index is 10.3. The lowest BCUT2D eigenvalue weighted by atomic mass is 10.2. The van der Waals surface area contributed by atoms with Gasteiger partial charge in [-0.25, -0.2) is 4.21 Å². The Balaban J connectivity index is 2.74. The second-order valence-electron chi connectivity index (χ2n) is 2.30. The monoisotopic (exact) mass is 169 g/mol. The molecule has 0 amide bonds. The van der Waals surface area contributed by atoms with E-state index in [0.717, 1.165) is 11.1 Å². The second-order valence-corrected chi connectivity index (χ2v) is 3.09. The summed E-state index contributed by atoms with van der Waals surface area (Å²) >= 11 is -1.85. The molecule has 59 valence electrons. The summed E-state index contributed by atoms with van der Waals surface area (Å²) in [5, 5.41) is 0. The number of hydrogen-bond acceptors (Lipinski definition) is 1. The zero-order valence-electron chi connectivity index (χ0n) is 6.15. The first kappa shape index (κ1) is 8.43. The highest BCUT2D eigenvalue weighted by Gasteiger charge is 1.96. The zero-order chi connectivity index (χ0) is 8.27. The fourth-order valence-electron chi connectivity index (χ4n) is 0.761. The van der Waals surface area contributed by atoms with Crippen molar-refractivity contribution in [3.05, 3.63) is 41.1 Å². The van der Waals surface area contributed by atoms with Crippen molar-refractivity contribution in [2.45, 2.75) is 6.92 Å². The lowest BCUT2D eigenvalue weighted by Crippen LogP contribution is -1.88. The molecule has 1 rings (SSSR count). The van der Waals surface area contributed by atoms with Gasteiger partial charge in [0.05, 0.1) is 0 Å². The lowest BCUT2D eigenvalue weighted by molar-refractivity contribution is 0.571.